The molecule has 2 aliphatic heterocycles. The van der Waals surface area contributed by atoms with E-state index in [1.54, 1.807) is 17.0 Å². The van der Waals surface area contributed by atoms with E-state index < -0.39 is 0 Å². The van der Waals surface area contributed by atoms with Crippen molar-refractivity contribution in [2.75, 3.05) is 23.4 Å². The van der Waals surface area contributed by atoms with Crippen molar-refractivity contribution in [3.63, 3.8) is 0 Å². The fourth-order valence-electron chi connectivity index (χ4n) is 4.46. The Morgan fingerprint density at radius 3 is 2.71 bits per heavy atom. The zero-order chi connectivity index (χ0) is 19.9. The molecule has 2 heterocycles. The van der Waals surface area contributed by atoms with Gasteiger partial charge in [-0.25, -0.2) is 0 Å². The summed E-state index contributed by atoms with van der Waals surface area (Å²) < 4.78 is 5.41. The van der Waals surface area contributed by atoms with Crippen molar-refractivity contribution in [3.05, 3.63) is 35.4 Å². The lowest BCUT2D eigenvalue weighted by Crippen LogP contribution is -2.43. The van der Waals surface area contributed by atoms with Crippen LogP contribution in [-0.4, -0.2) is 37.0 Å². The second-order valence-corrected chi connectivity index (χ2v) is 8.66. The first-order valence-corrected chi connectivity index (χ1v) is 9.84. The minimum absolute atomic E-state index is 0.0614. The van der Waals surface area contributed by atoms with Crippen molar-refractivity contribution in [1.82, 2.24) is 0 Å². The Morgan fingerprint density at radius 1 is 1.25 bits per heavy atom. The first-order valence-electron chi connectivity index (χ1n) is 9.84. The molecule has 0 bridgehead atoms. The van der Waals surface area contributed by atoms with Gasteiger partial charge in [-0.05, 0) is 42.9 Å². The molecule has 4 rings (SSSR count). The van der Waals surface area contributed by atoms with Gasteiger partial charge in [0, 0.05) is 43.0 Å². The Kier molecular flexibility index (Phi) is 4.72. The van der Waals surface area contributed by atoms with E-state index in [0.717, 1.165) is 30.6 Å². The summed E-state index contributed by atoms with van der Waals surface area (Å²) in [5, 5.41) is 12.9. The average molecular weight is 379 g/mol. The lowest BCUT2D eigenvalue weighted by atomic mass is 9.72. The Bertz CT molecular complexity index is 891. The van der Waals surface area contributed by atoms with E-state index in [1.807, 2.05) is 6.07 Å². The maximum Gasteiger partial charge on any atom is 0.252 e. The number of nitriles is 1. The quantitative estimate of drug-likeness (QED) is 0.872. The molecule has 1 amide bonds. The van der Waals surface area contributed by atoms with Gasteiger partial charge in [0.2, 0.25) is 0 Å². The molecule has 28 heavy (non-hydrogen) atoms. The molecule has 1 aromatic carbocycles. The molecular formula is C22H25N3O3. The van der Waals surface area contributed by atoms with Crippen LogP contribution in [0.15, 0.2) is 29.8 Å². The molecule has 3 aliphatic rings. The molecule has 146 valence electrons. The summed E-state index contributed by atoms with van der Waals surface area (Å²) in [7, 11) is 0. The summed E-state index contributed by atoms with van der Waals surface area (Å²) in [6.45, 7) is 5.55. The van der Waals surface area contributed by atoms with Crippen LogP contribution in [-0.2, 0) is 14.3 Å². The van der Waals surface area contributed by atoms with Crippen LogP contribution in [0.3, 0.4) is 0 Å². The van der Waals surface area contributed by atoms with Crippen molar-refractivity contribution in [2.45, 2.75) is 51.6 Å². The number of carbonyl (C=O) groups is 2. The third-order valence-corrected chi connectivity index (χ3v) is 5.88. The molecule has 1 unspecified atom stereocenters. The highest BCUT2D eigenvalue weighted by atomic mass is 16.5. The van der Waals surface area contributed by atoms with Gasteiger partial charge in [0.05, 0.1) is 17.3 Å². The largest absolute Gasteiger partial charge is 0.381 e. The number of hydrogen-bond donors (Lipinski definition) is 1. The van der Waals surface area contributed by atoms with E-state index in [-0.39, 0.29) is 29.2 Å². The van der Waals surface area contributed by atoms with Crippen LogP contribution in [0, 0.1) is 16.7 Å². The number of anilines is 2. The predicted molar refractivity (Wildman–Crippen MR) is 106 cm³/mol. The van der Waals surface area contributed by atoms with E-state index in [9.17, 15) is 14.9 Å². The van der Waals surface area contributed by atoms with Crippen LogP contribution >= 0.6 is 0 Å². The van der Waals surface area contributed by atoms with Gasteiger partial charge in [0.1, 0.15) is 6.07 Å². The number of nitrogens with one attached hydrogen (secondary N) is 1. The third-order valence-electron chi connectivity index (χ3n) is 5.88. The second kappa shape index (κ2) is 7.06. The molecule has 6 heteroatoms. The van der Waals surface area contributed by atoms with E-state index in [0.29, 0.717) is 30.8 Å². The highest BCUT2D eigenvalue weighted by molar-refractivity contribution is 6.15. The van der Waals surface area contributed by atoms with E-state index >= 15 is 0 Å². The summed E-state index contributed by atoms with van der Waals surface area (Å²) in [6.07, 6.45) is 4.48. The molecule has 1 aromatic rings. The normalized spacial score (nSPS) is 24.5. The Morgan fingerprint density at radius 2 is 2.00 bits per heavy atom. The van der Waals surface area contributed by atoms with Gasteiger partial charge in [-0.3, -0.25) is 9.59 Å². The number of ketones is 1. The van der Waals surface area contributed by atoms with Crippen molar-refractivity contribution < 1.29 is 14.3 Å². The van der Waals surface area contributed by atoms with Gasteiger partial charge in [0.25, 0.3) is 5.91 Å². The maximum atomic E-state index is 12.7. The molecule has 1 aliphatic carbocycles. The van der Waals surface area contributed by atoms with Crippen LogP contribution in [0.25, 0.3) is 0 Å². The Balaban J connectivity index is 1.65. The van der Waals surface area contributed by atoms with Gasteiger partial charge < -0.3 is 15.0 Å². The molecule has 1 N–H and O–H groups in total. The van der Waals surface area contributed by atoms with Gasteiger partial charge >= 0.3 is 0 Å². The van der Waals surface area contributed by atoms with Crippen LogP contribution in [0.2, 0.25) is 0 Å². The molecule has 1 saturated carbocycles. The smallest absolute Gasteiger partial charge is 0.252 e. The van der Waals surface area contributed by atoms with Crippen molar-refractivity contribution in [2.24, 2.45) is 5.41 Å². The molecule has 2 fully saturated rings. The number of hydrogen-bond acceptors (Lipinski definition) is 5. The molecule has 6 nitrogen and oxygen atoms in total. The maximum absolute atomic E-state index is 12.7. The first kappa shape index (κ1) is 18.7. The van der Waals surface area contributed by atoms with Crippen molar-refractivity contribution in [1.29, 1.82) is 5.26 Å². The topological polar surface area (TPSA) is 82.4 Å². The number of amides is 1. The highest BCUT2D eigenvalue weighted by Crippen LogP contribution is 2.43. The van der Waals surface area contributed by atoms with Crippen LogP contribution in [0.1, 0.15) is 45.1 Å². The monoisotopic (exact) mass is 379 g/mol. The van der Waals surface area contributed by atoms with E-state index in [2.05, 4.69) is 25.2 Å². The lowest BCUT2D eigenvalue weighted by Gasteiger charge is -2.38. The highest BCUT2D eigenvalue weighted by Gasteiger charge is 2.45. The Hall–Kier alpha value is -2.65. The Labute approximate surface area is 165 Å². The second-order valence-electron chi connectivity index (χ2n) is 8.66. The number of nitrogens with zero attached hydrogens (tertiary/aromatic N) is 2. The van der Waals surface area contributed by atoms with Gasteiger partial charge in [-0.2, -0.15) is 5.26 Å². The predicted octanol–water partition coefficient (Wildman–Crippen LogP) is 3.18. The fraction of sp³-hybridized carbons (Fsp3) is 0.500. The summed E-state index contributed by atoms with van der Waals surface area (Å²) in [5.41, 5.74) is 2.48. The number of Topliss-reactive ketones (excluding diaryl/α,β-unsaturated/α-hetero) is 1. The van der Waals surface area contributed by atoms with Crippen LogP contribution in [0.4, 0.5) is 11.4 Å². The summed E-state index contributed by atoms with van der Waals surface area (Å²) >= 11 is 0. The fourth-order valence-corrected chi connectivity index (χ4v) is 4.46. The zero-order valence-electron chi connectivity index (χ0n) is 16.3. The molecule has 0 spiro atoms. The summed E-state index contributed by atoms with van der Waals surface area (Å²) in [5.74, 6) is -0.0981. The van der Waals surface area contributed by atoms with E-state index in [4.69, 9.17) is 4.74 Å². The SMILES string of the molecule is CC1(C)CC(=O)C2=CC(=O)N(c3ccc(C#N)c(NC4CCOCC4)c3)C2C1. The number of carbonyl (C=O) groups excluding carboxylic acids is 2. The van der Waals surface area contributed by atoms with Crippen LogP contribution in [0.5, 0.6) is 0 Å². The van der Waals surface area contributed by atoms with Gasteiger partial charge in [0.15, 0.2) is 5.78 Å². The molecule has 0 aromatic heterocycles. The molecule has 1 saturated heterocycles. The first-order chi connectivity index (χ1) is 13.4. The number of benzene rings is 1. The molecule has 0 radical (unpaired) electrons. The average Bonchev–Trinajstić information content (AvgIpc) is 2.97. The number of rotatable bonds is 3. The van der Waals surface area contributed by atoms with Crippen LogP contribution < -0.4 is 10.2 Å². The molecular weight excluding hydrogens is 354 g/mol. The summed E-state index contributed by atoms with van der Waals surface area (Å²) in [6, 6.07) is 7.66. The van der Waals surface area contributed by atoms with Gasteiger partial charge in [-0.1, -0.05) is 13.8 Å². The molecule has 1 atom stereocenters. The van der Waals surface area contributed by atoms with E-state index in [1.165, 1.54) is 6.08 Å². The third kappa shape index (κ3) is 3.43. The van der Waals surface area contributed by atoms with Crippen molar-refractivity contribution >= 4 is 23.1 Å². The number of ether oxygens (including phenoxy) is 1. The zero-order valence-corrected chi connectivity index (χ0v) is 16.3. The minimum atomic E-state index is -0.229. The summed E-state index contributed by atoms with van der Waals surface area (Å²) in [4.78, 5) is 27.0. The standard InChI is InChI=1S/C22H25N3O3/c1-22(2)11-19-17(20(26)12-22)10-21(27)25(19)16-4-3-14(13-23)18(9-16)24-15-5-7-28-8-6-15/h3-4,9-10,15,19,24H,5-8,11-12H2,1-2H3. The minimum Gasteiger partial charge on any atom is -0.381 e. The van der Waals surface area contributed by atoms with Crippen molar-refractivity contribution in [3.8, 4) is 6.07 Å². The van der Waals surface area contributed by atoms with Gasteiger partial charge in [-0.15, -0.1) is 0 Å². The lowest BCUT2D eigenvalue weighted by molar-refractivity contribution is -0.119. The number of fused-ring (bicyclic) bond motifs is 1.